The van der Waals surface area contributed by atoms with Crippen LogP contribution in [0.15, 0.2) is 127 Å². The Balaban J connectivity index is 1.14. The van der Waals surface area contributed by atoms with Crippen LogP contribution >= 0.6 is 34.0 Å². The zero-order valence-corrected chi connectivity index (χ0v) is 34.8. The normalized spacial score (nSPS) is 11.5. The number of hydrogen-bond acceptors (Lipinski definition) is 4. The minimum absolute atomic E-state index is 1.01. The zero-order chi connectivity index (χ0) is 37.6. The van der Waals surface area contributed by atoms with Gasteiger partial charge in [0.15, 0.2) is 5.82 Å². The molecule has 55 heavy (non-hydrogen) atoms. The highest BCUT2D eigenvalue weighted by Gasteiger charge is 2.21. The summed E-state index contributed by atoms with van der Waals surface area (Å²) in [6.07, 6.45) is 12.7. The molecule has 0 amide bonds. The first-order chi connectivity index (χ1) is 27.1. The van der Waals surface area contributed by atoms with E-state index in [2.05, 4.69) is 153 Å². The van der Waals surface area contributed by atoms with Crippen LogP contribution in [0.5, 0.6) is 0 Å². The van der Waals surface area contributed by atoms with E-state index in [-0.39, 0.29) is 0 Å². The number of hydrogen-bond donors (Lipinski definition) is 0. The molecule has 278 valence electrons. The lowest BCUT2D eigenvalue weighted by atomic mass is 10.0. The van der Waals surface area contributed by atoms with E-state index < -0.39 is 0 Å². The molecule has 0 saturated carbocycles. The van der Waals surface area contributed by atoms with Gasteiger partial charge in [-0.15, -0.1) is 34.0 Å². The quantitative estimate of drug-likeness (QED) is 0.0894. The standard InChI is InChI=1S/C50H50N2S3/c1-4-6-8-11-15-35-19-23-38(24-20-35)43-29-32-45(53-43)40-27-28-41(46-33-30-44(54-46)39-25-21-36(22-26-39)16-12-9-7-5-2)49-48(40)51-50(52(49)3)47-34-31-42(55-47)37-17-13-10-14-18-37/h10,13-14,17-34H,4-9,11-12,15-16H2,1-3H3. The fourth-order valence-corrected chi connectivity index (χ4v) is 10.7. The maximum atomic E-state index is 5.48. The molecule has 0 spiro atoms. The van der Waals surface area contributed by atoms with Crippen molar-refractivity contribution in [3.05, 3.63) is 139 Å². The van der Waals surface area contributed by atoms with Gasteiger partial charge in [0, 0.05) is 42.6 Å². The van der Waals surface area contributed by atoms with Crippen molar-refractivity contribution in [3.8, 4) is 62.9 Å². The Hall–Kier alpha value is -4.55. The maximum Gasteiger partial charge on any atom is 0.151 e. The Morgan fingerprint density at radius 3 is 1.44 bits per heavy atom. The molecule has 8 aromatic rings. The molecule has 0 N–H and O–H groups in total. The number of thiophene rings is 3. The lowest BCUT2D eigenvalue weighted by Crippen LogP contribution is -1.92. The van der Waals surface area contributed by atoms with E-state index in [9.17, 15) is 0 Å². The molecule has 0 fully saturated rings. The number of rotatable bonds is 16. The molecule has 4 aromatic heterocycles. The summed E-state index contributed by atoms with van der Waals surface area (Å²) in [7, 11) is 2.19. The third kappa shape index (κ3) is 8.35. The predicted octanol–water partition coefficient (Wildman–Crippen LogP) is 16.0. The van der Waals surface area contributed by atoms with Crippen LogP contribution < -0.4 is 0 Å². The Morgan fingerprint density at radius 2 is 0.891 bits per heavy atom. The second-order valence-corrected chi connectivity index (χ2v) is 18.0. The minimum atomic E-state index is 1.01. The van der Waals surface area contributed by atoms with Crippen LogP contribution in [-0.2, 0) is 19.9 Å². The predicted molar refractivity (Wildman–Crippen MR) is 243 cm³/mol. The summed E-state index contributed by atoms with van der Waals surface area (Å²) in [5.74, 6) is 1.01. The summed E-state index contributed by atoms with van der Waals surface area (Å²) in [4.78, 5) is 13.0. The molecule has 4 heterocycles. The summed E-state index contributed by atoms with van der Waals surface area (Å²) in [6, 6.07) is 47.5. The topological polar surface area (TPSA) is 17.8 Å². The zero-order valence-electron chi connectivity index (χ0n) is 32.3. The first-order valence-electron chi connectivity index (χ1n) is 20.1. The first kappa shape index (κ1) is 37.4. The molecule has 0 aliphatic rings. The van der Waals surface area contributed by atoms with Crippen LogP contribution in [0.4, 0.5) is 0 Å². The van der Waals surface area contributed by atoms with Crippen LogP contribution in [0.25, 0.3) is 73.9 Å². The SMILES string of the molecule is CCCCCCc1ccc(-c2ccc(-c3ccc(-c4ccc(-c5ccc(CCCCCC)cc5)s4)c4c3nc(-c3ccc(-c5ccccc5)s3)n4C)s2)cc1. The molecule has 4 aromatic carbocycles. The first-order valence-corrected chi connectivity index (χ1v) is 22.6. The van der Waals surface area contributed by atoms with Crippen molar-refractivity contribution in [3.63, 3.8) is 0 Å². The van der Waals surface area contributed by atoms with Crippen molar-refractivity contribution < 1.29 is 0 Å². The highest BCUT2D eigenvalue weighted by molar-refractivity contribution is 7.19. The molecule has 0 saturated heterocycles. The summed E-state index contributed by atoms with van der Waals surface area (Å²) in [5, 5.41) is 0. The average molecular weight is 775 g/mol. The van der Waals surface area contributed by atoms with Crippen molar-refractivity contribution >= 4 is 45.0 Å². The van der Waals surface area contributed by atoms with Gasteiger partial charge >= 0.3 is 0 Å². The van der Waals surface area contributed by atoms with Gasteiger partial charge in [-0.3, -0.25) is 0 Å². The van der Waals surface area contributed by atoms with E-state index in [0.29, 0.717) is 0 Å². The fraction of sp³-hybridized carbons (Fsp3) is 0.260. The summed E-state index contributed by atoms with van der Waals surface area (Å²) in [6.45, 7) is 4.55. The summed E-state index contributed by atoms with van der Waals surface area (Å²) in [5.41, 5.74) is 11.3. The van der Waals surface area contributed by atoms with Crippen LogP contribution in [0.1, 0.15) is 76.3 Å². The number of fused-ring (bicyclic) bond motifs is 1. The van der Waals surface area contributed by atoms with E-state index in [0.717, 1.165) is 24.2 Å². The average Bonchev–Trinajstić information content (AvgIpc) is 4.06. The molecule has 0 aliphatic heterocycles. The van der Waals surface area contributed by atoms with Crippen LogP contribution in [0, 0.1) is 0 Å². The van der Waals surface area contributed by atoms with Gasteiger partial charge in [-0.1, -0.05) is 143 Å². The summed E-state index contributed by atoms with van der Waals surface area (Å²) < 4.78 is 2.33. The molecular formula is C50H50N2S3. The van der Waals surface area contributed by atoms with E-state index in [1.54, 1.807) is 0 Å². The third-order valence-corrected chi connectivity index (χ3v) is 14.2. The van der Waals surface area contributed by atoms with Crippen LogP contribution in [0.2, 0.25) is 0 Å². The lowest BCUT2D eigenvalue weighted by molar-refractivity contribution is 0.667. The smallest absolute Gasteiger partial charge is 0.151 e. The van der Waals surface area contributed by atoms with E-state index in [1.165, 1.54) is 125 Å². The van der Waals surface area contributed by atoms with Gasteiger partial charge in [-0.25, -0.2) is 4.98 Å². The molecule has 5 heteroatoms. The Morgan fingerprint density at radius 1 is 0.436 bits per heavy atom. The van der Waals surface area contributed by atoms with Crippen molar-refractivity contribution in [2.75, 3.05) is 0 Å². The molecule has 0 bridgehead atoms. The second-order valence-electron chi connectivity index (χ2n) is 14.7. The van der Waals surface area contributed by atoms with Gasteiger partial charge in [0.1, 0.15) is 0 Å². The second kappa shape index (κ2) is 17.5. The molecule has 0 radical (unpaired) electrons. The lowest BCUT2D eigenvalue weighted by Gasteiger charge is -2.08. The fourth-order valence-electron chi connectivity index (χ4n) is 7.61. The van der Waals surface area contributed by atoms with Gasteiger partial charge in [0.2, 0.25) is 0 Å². The van der Waals surface area contributed by atoms with E-state index in [4.69, 9.17) is 4.98 Å². The van der Waals surface area contributed by atoms with Crippen LogP contribution in [0.3, 0.4) is 0 Å². The number of benzene rings is 4. The van der Waals surface area contributed by atoms with Gasteiger partial charge in [-0.2, -0.15) is 0 Å². The monoisotopic (exact) mass is 774 g/mol. The Kier molecular flexibility index (Phi) is 11.9. The highest BCUT2D eigenvalue weighted by atomic mass is 32.1. The van der Waals surface area contributed by atoms with E-state index in [1.807, 2.05) is 34.0 Å². The van der Waals surface area contributed by atoms with Gasteiger partial charge in [0.25, 0.3) is 0 Å². The number of unbranched alkanes of at least 4 members (excludes halogenated alkanes) is 6. The Labute approximate surface area is 339 Å². The van der Waals surface area contributed by atoms with Crippen molar-refractivity contribution in [2.24, 2.45) is 7.05 Å². The van der Waals surface area contributed by atoms with Gasteiger partial charge in [0.05, 0.1) is 15.9 Å². The number of aryl methyl sites for hydroxylation is 3. The van der Waals surface area contributed by atoms with Gasteiger partial charge < -0.3 is 4.57 Å². The molecule has 0 aliphatic carbocycles. The minimum Gasteiger partial charge on any atom is -0.326 e. The summed E-state index contributed by atoms with van der Waals surface area (Å²) >= 11 is 5.55. The van der Waals surface area contributed by atoms with Crippen LogP contribution in [-0.4, -0.2) is 9.55 Å². The maximum absolute atomic E-state index is 5.48. The number of imidazole rings is 1. The molecule has 8 rings (SSSR count). The van der Waals surface area contributed by atoms with Crippen molar-refractivity contribution in [1.82, 2.24) is 9.55 Å². The molecule has 0 unspecified atom stereocenters. The van der Waals surface area contributed by atoms with Crippen molar-refractivity contribution in [2.45, 2.75) is 78.1 Å². The Bertz CT molecular complexity index is 2460. The van der Waals surface area contributed by atoms with E-state index >= 15 is 0 Å². The van der Waals surface area contributed by atoms with Gasteiger partial charge in [-0.05, 0) is 89.9 Å². The molecule has 2 nitrogen and oxygen atoms in total. The number of aromatic nitrogens is 2. The molecular weight excluding hydrogens is 725 g/mol. The highest BCUT2D eigenvalue weighted by Crippen LogP contribution is 2.45. The third-order valence-electron chi connectivity index (χ3n) is 10.8. The van der Waals surface area contributed by atoms with Crippen molar-refractivity contribution in [1.29, 1.82) is 0 Å². The number of nitrogens with zero attached hydrogens (tertiary/aromatic N) is 2. The largest absolute Gasteiger partial charge is 0.326 e. The molecule has 0 atom stereocenters.